The van der Waals surface area contributed by atoms with Gasteiger partial charge in [0.15, 0.2) is 0 Å². The summed E-state index contributed by atoms with van der Waals surface area (Å²) in [5.41, 5.74) is 24.3. The van der Waals surface area contributed by atoms with Crippen LogP contribution in [0.1, 0.15) is 131 Å². The molecule has 5 aromatic carbocycles. The number of aryl methyl sites for hydroxylation is 12. The third kappa shape index (κ3) is 9.33. The molecule has 0 unspecified atom stereocenters. The number of rotatable bonds is 9. The normalized spacial score (nSPS) is 15.2. The molecule has 0 saturated heterocycles. The Morgan fingerprint density at radius 1 is 0.367 bits per heavy atom. The lowest BCUT2D eigenvalue weighted by molar-refractivity contribution is 0.395. The van der Waals surface area contributed by atoms with Crippen molar-refractivity contribution in [2.75, 3.05) is 14.2 Å². The van der Waals surface area contributed by atoms with Gasteiger partial charge >= 0.3 is 0 Å². The van der Waals surface area contributed by atoms with Gasteiger partial charge in [-0.1, -0.05) is 128 Å². The Hall–Kier alpha value is -3.81. The second-order valence-electron chi connectivity index (χ2n) is 19.3. The highest BCUT2D eigenvalue weighted by Crippen LogP contribution is 2.55. The van der Waals surface area contributed by atoms with Crippen molar-refractivity contribution in [3.05, 3.63) is 133 Å². The summed E-state index contributed by atoms with van der Waals surface area (Å²) in [5, 5.41) is 1.56. The van der Waals surface area contributed by atoms with Crippen LogP contribution in [0, 0.1) is 83.1 Å². The standard InChI is InChI=1S/C36H44B.C20H31O2P/c1-21-13-25(5)33(26(6)14-21)37(34-27(7)15-22(2)16-28(34)8,35-29(9)17-23(3)18-30(35)10)36-31(11)19-24(4)20-32(36)12;1-21-16-13-17(22-2)15-20(14-16)23(18-9-5-3-6-10-18)19-11-7-4-8-12-19/h13-20H,1-12H3;13-15,18-19H,3-12H2,1-2H3/q-1;/p+1. The first kappa shape index (κ1) is 45.7. The van der Waals surface area contributed by atoms with Crippen LogP contribution < -0.4 is 36.6 Å². The molecular weight excluding hydrogens is 746 g/mol. The molecule has 0 atom stereocenters. The molecule has 2 aliphatic rings. The number of benzene rings is 5. The number of ether oxygens (including phenoxy) is 2. The SMILES string of the molecule is COc1cc(OC)cc([PH+](C2CCCCC2)C2CCCCC2)c1.Cc1cc(C)c([B-](c2c(C)cc(C)cc2C)(c2c(C)cc(C)cc2C)c2c(C)cc(C)cc2C)c(C)c1. The predicted octanol–water partition coefficient (Wildman–Crippen LogP) is 12.0. The van der Waals surface area contributed by atoms with Crippen LogP contribution in [-0.4, -0.2) is 31.7 Å². The van der Waals surface area contributed by atoms with Gasteiger partial charge in [0.2, 0.25) is 0 Å². The van der Waals surface area contributed by atoms with Gasteiger partial charge in [-0.15, -0.1) is 0 Å². The minimum absolute atomic E-state index is 0.547. The zero-order valence-electron chi connectivity index (χ0n) is 40.0. The summed E-state index contributed by atoms with van der Waals surface area (Å²) in [6, 6.07) is 25.8. The molecule has 2 saturated carbocycles. The van der Waals surface area contributed by atoms with E-state index in [1.54, 1.807) is 19.5 Å². The van der Waals surface area contributed by atoms with E-state index in [-0.39, 0.29) is 0 Å². The maximum Gasteiger partial charge on any atom is 0.126 e. The smallest absolute Gasteiger partial charge is 0.126 e. The zero-order chi connectivity index (χ0) is 43.5. The van der Waals surface area contributed by atoms with Gasteiger partial charge in [0, 0.05) is 26.1 Å². The molecule has 320 valence electrons. The van der Waals surface area contributed by atoms with Crippen LogP contribution in [0.5, 0.6) is 11.5 Å². The molecule has 5 aromatic rings. The summed E-state index contributed by atoms with van der Waals surface area (Å²) in [6.07, 6.45) is 13.0. The van der Waals surface area contributed by atoms with Gasteiger partial charge in [0.1, 0.15) is 17.6 Å². The topological polar surface area (TPSA) is 18.5 Å². The second-order valence-corrected chi connectivity index (χ2v) is 22.5. The quantitative estimate of drug-likeness (QED) is 0.109. The highest BCUT2D eigenvalue weighted by Gasteiger charge is 2.41. The van der Waals surface area contributed by atoms with Crippen molar-refractivity contribution in [3.63, 3.8) is 0 Å². The number of methoxy groups -OCH3 is 2. The number of hydrogen-bond donors (Lipinski definition) is 0. The molecule has 0 N–H and O–H groups in total. The van der Waals surface area contributed by atoms with Crippen LogP contribution >= 0.6 is 7.92 Å². The lowest BCUT2D eigenvalue weighted by atomic mass is 9.10. The fourth-order valence-electron chi connectivity index (χ4n) is 13.0. The summed E-state index contributed by atoms with van der Waals surface area (Å²) < 4.78 is 11.1. The van der Waals surface area contributed by atoms with Crippen molar-refractivity contribution in [2.45, 2.75) is 159 Å². The summed E-state index contributed by atoms with van der Waals surface area (Å²) in [6.45, 7) is 27.6. The minimum Gasteiger partial charge on any atom is -0.496 e. The first-order valence-corrected chi connectivity index (χ1v) is 24.8. The fraction of sp³-hybridized carbons (Fsp3) is 0.464. The van der Waals surface area contributed by atoms with Gasteiger partial charge in [-0.05, 0) is 134 Å². The molecule has 0 radical (unpaired) electrons. The predicted molar refractivity (Wildman–Crippen MR) is 268 cm³/mol. The maximum absolute atomic E-state index is 5.56. The van der Waals surface area contributed by atoms with Gasteiger partial charge < -0.3 is 9.47 Å². The van der Waals surface area contributed by atoms with E-state index in [9.17, 15) is 0 Å². The van der Waals surface area contributed by atoms with Crippen LogP contribution in [0.25, 0.3) is 0 Å². The molecule has 60 heavy (non-hydrogen) atoms. The molecule has 2 fully saturated rings. The van der Waals surface area contributed by atoms with Crippen molar-refractivity contribution in [3.8, 4) is 11.5 Å². The highest BCUT2D eigenvalue weighted by molar-refractivity contribution is 7.67. The largest absolute Gasteiger partial charge is 0.496 e. The van der Waals surface area contributed by atoms with Crippen LogP contribution in [0.4, 0.5) is 0 Å². The Morgan fingerprint density at radius 2 is 0.617 bits per heavy atom. The number of hydrogen-bond acceptors (Lipinski definition) is 2. The Kier molecular flexibility index (Phi) is 14.9. The monoisotopic (exact) mass is 823 g/mol. The van der Waals surface area contributed by atoms with Gasteiger partial charge in [-0.25, -0.2) is 0 Å². The third-order valence-corrected chi connectivity index (χ3v) is 18.3. The molecule has 0 heterocycles. The lowest BCUT2D eigenvalue weighted by Crippen LogP contribution is -2.78. The average Bonchev–Trinajstić information content (AvgIpc) is 3.17. The molecule has 2 aliphatic carbocycles. The van der Waals surface area contributed by atoms with E-state index in [1.807, 2.05) is 6.07 Å². The van der Waals surface area contributed by atoms with E-state index in [4.69, 9.17) is 9.47 Å². The van der Waals surface area contributed by atoms with Crippen molar-refractivity contribution >= 4 is 41.2 Å². The maximum atomic E-state index is 5.56. The molecule has 4 heteroatoms. The van der Waals surface area contributed by atoms with E-state index >= 15 is 0 Å². The van der Waals surface area contributed by atoms with E-state index < -0.39 is 14.1 Å². The Morgan fingerprint density at radius 3 is 0.850 bits per heavy atom. The molecule has 0 aliphatic heterocycles. The fourth-order valence-corrected chi connectivity index (χ4v) is 17.3. The first-order chi connectivity index (χ1) is 28.6. The summed E-state index contributed by atoms with van der Waals surface area (Å²) in [4.78, 5) is 0. The lowest BCUT2D eigenvalue weighted by Gasteiger charge is -2.51. The van der Waals surface area contributed by atoms with Crippen LogP contribution in [0.2, 0.25) is 0 Å². The van der Waals surface area contributed by atoms with Crippen molar-refractivity contribution in [2.24, 2.45) is 0 Å². The highest BCUT2D eigenvalue weighted by atomic mass is 31.1. The molecular formula is C56H76BO2P. The second kappa shape index (κ2) is 19.5. The van der Waals surface area contributed by atoms with Crippen molar-refractivity contribution in [1.29, 1.82) is 0 Å². The van der Waals surface area contributed by atoms with E-state index in [2.05, 4.69) is 144 Å². The van der Waals surface area contributed by atoms with Crippen LogP contribution in [0.15, 0.2) is 66.7 Å². The van der Waals surface area contributed by atoms with Crippen LogP contribution in [0.3, 0.4) is 0 Å². The summed E-state index contributed by atoms with van der Waals surface area (Å²) in [5.74, 6) is 1.93. The summed E-state index contributed by atoms with van der Waals surface area (Å²) in [7, 11) is 2.99. The van der Waals surface area contributed by atoms with E-state index in [1.165, 1.54) is 153 Å². The van der Waals surface area contributed by atoms with Gasteiger partial charge in [-0.3, -0.25) is 0 Å². The van der Waals surface area contributed by atoms with Gasteiger partial charge in [0.25, 0.3) is 0 Å². The molecule has 0 aromatic heterocycles. The van der Waals surface area contributed by atoms with Gasteiger partial charge in [0.05, 0.1) is 30.8 Å². The summed E-state index contributed by atoms with van der Waals surface area (Å²) >= 11 is 0. The Balaban J connectivity index is 0.000000224. The minimum atomic E-state index is -1.48. The third-order valence-electron chi connectivity index (χ3n) is 14.5. The van der Waals surface area contributed by atoms with E-state index in [0.717, 1.165) is 22.8 Å². The molecule has 0 amide bonds. The van der Waals surface area contributed by atoms with Crippen LogP contribution in [-0.2, 0) is 0 Å². The molecule has 0 bridgehead atoms. The molecule has 2 nitrogen and oxygen atoms in total. The zero-order valence-corrected chi connectivity index (χ0v) is 41.0. The van der Waals surface area contributed by atoms with Crippen molar-refractivity contribution in [1.82, 2.24) is 0 Å². The average molecular weight is 823 g/mol. The van der Waals surface area contributed by atoms with E-state index in [0.29, 0.717) is 0 Å². The molecule has 7 rings (SSSR count). The first-order valence-electron chi connectivity index (χ1n) is 23.2. The van der Waals surface area contributed by atoms with Crippen molar-refractivity contribution < 1.29 is 9.47 Å². The van der Waals surface area contributed by atoms with Gasteiger partial charge in [-0.2, -0.15) is 21.9 Å². The Bertz CT molecular complexity index is 1940. The molecule has 0 spiro atoms. The Labute approximate surface area is 367 Å².